The van der Waals surface area contributed by atoms with E-state index in [-0.39, 0.29) is 18.2 Å². The number of nitrogens with two attached hydrogens (primary N) is 1. The van der Waals surface area contributed by atoms with Crippen LogP contribution in [0.15, 0.2) is 24.3 Å². The van der Waals surface area contributed by atoms with E-state index < -0.39 is 5.92 Å². The maximum atomic E-state index is 12.0. The molecule has 0 bridgehead atoms. The van der Waals surface area contributed by atoms with Crippen molar-refractivity contribution in [3.63, 3.8) is 0 Å². The third kappa shape index (κ3) is 3.72. The molecule has 1 heterocycles. The van der Waals surface area contributed by atoms with Crippen molar-refractivity contribution in [2.24, 2.45) is 11.8 Å². The second-order valence-corrected chi connectivity index (χ2v) is 5.11. The van der Waals surface area contributed by atoms with Gasteiger partial charge in [0.25, 0.3) is 0 Å². The number of carbonyl (C=O) groups excluding carboxylic acids is 2. The van der Waals surface area contributed by atoms with Crippen molar-refractivity contribution < 1.29 is 14.3 Å². The van der Waals surface area contributed by atoms with Crippen molar-refractivity contribution in [3.8, 4) is 5.75 Å². The molecule has 0 radical (unpaired) electrons. The standard InChI is InChI=1S/C15H21N3O3/c1-2-3-7-21-13-6-4-5-12(9-13)18-10-11(8-14(18)19)15(20)17-16/h4-6,9,11H,2-3,7-8,10,16H2,1H3,(H,17,20). The Labute approximate surface area is 124 Å². The number of carbonyl (C=O) groups is 2. The fourth-order valence-corrected chi connectivity index (χ4v) is 2.33. The second-order valence-electron chi connectivity index (χ2n) is 5.11. The molecule has 114 valence electrons. The number of nitrogens with one attached hydrogen (secondary N) is 1. The Hall–Kier alpha value is -2.08. The first-order valence-corrected chi connectivity index (χ1v) is 7.19. The minimum atomic E-state index is -0.396. The number of unbranched alkanes of at least 4 members (excludes halogenated alkanes) is 1. The minimum absolute atomic E-state index is 0.0747. The number of hydrogen-bond donors (Lipinski definition) is 2. The Morgan fingerprint density at radius 1 is 1.52 bits per heavy atom. The van der Waals surface area contributed by atoms with Gasteiger partial charge in [0, 0.05) is 24.7 Å². The summed E-state index contributed by atoms with van der Waals surface area (Å²) in [6.07, 6.45) is 2.25. The lowest BCUT2D eigenvalue weighted by Gasteiger charge is -2.17. The molecular weight excluding hydrogens is 270 g/mol. The highest BCUT2D eigenvalue weighted by Crippen LogP contribution is 2.28. The first-order valence-electron chi connectivity index (χ1n) is 7.19. The second kappa shape index (κ2) is 7.08. The molecule has 0 aromatic heterocycles. The average molecular weight is 291 g/mol. The van der Waals surface area contributed by atoms with Gasteiger partial charge >= 0.3 is 0 Å². The number of anilines is 1. The molecule has 1 aromatic rings. The summed E-state index contributed by atoms with van der Waals surface area (Å²) in [6, 6.07) is 7.38. The van der Waals surface area contributed by atoms with E-state index in [9.17, 15) is 9.59 Å². The molecule has 1 aromatic carbocycles. The molecule has 1 atom stereocenters. The molecule has 1 unspecified atom stereocenters. The van der Waals surface area contributed by atoms with Crippen LogP contribution < -0.4 is 20.9 Å². The zero-order chi connectivity index (χ0) is 15.2. The molecular formula is C15H21N3O3. The molecule has 6 heteroatoms. The van der Waals surface area contributed by atoms with E-state index in [0.29, 0.717) is 13.2 Å². The van der Waals surface area contributed by atoms with E-state index in [2.05, 4.69) is 12.3 Å². The van der Waals surface area contributed by atoms with Crippen LogP contribution >= 0.6 is 0 Å². The molecule has 6 nitrogen and oxygen atoms in total. The van der Waals surface area contributed by atoms with Crippen molar-refractivity contribution in [1.29, 1.82) is 0 Å². The number of ether oxygens (including phenoxy) is 1. The number of hydrazine groups is 1. The van der Waals surface area contributed by atoms with Crippen LogP contribution in [0, 0.1) is 5.92 Å². The Bertz CT molecular complexity index is 519. The van der Waals surface area contributed by atoms with Crippen LogP contribution in [0.1, 0.15) is 26.2 Å². The summed E-state index contributed by atoms with van der Waals surface area (Å²) < 4.78 is 5.64. The lowest BCUT2D eigenvalue weighted by molar-refractivity contribution is -0.126. The van der Waals surface area contributed by atoms with E-state index >= 15 is 0 Å². The molecule has 21 heavy (non-hydrogen) atoms. The van der Waals surface area contributed by atoms with Crippen molar-refractivity contribution in [2.75, 3.05) is 18.1 Å². The van der Waals surface area contributed by atoms with Crippen molar-refractivity contribution >= 4 is 17.5 Å². The largest absolute Gasteiger partial charge is 0.494 e. The van der Waals surface area contributed by atoms with Crippen LogP contribution in [-0.4, -0.2) is 25.0 Å². The molecule has 1 aliphatic heterocycles. The van der Waals surface area contributed by atoms with Crippen LogP contribution in [-0.2, 0) is 9.59 Å². The quantitative estimate of drug-likeness (QED) is 0.357. The number of rotatable bonds is 6. The first-order chi connectivity index (χ1) is 10.2. The Morgan fingerprint density at radius 3 is 3.05 bits per heavy atom. The van der Waals surface area contributed by atoms with Crippen molar-refractivity contribution in [2.45, 2.75) is 26.2 Å². The van der Waals surface area contributed by atoms with Gasteiger partial charge in [-0.25, -0.2) is 5.84 Å². The summed E-state index contributed by atoms with van der Waals surface area (Å²) in [5, 5.41) is 0. The van der Waals surface area contributed by atoms with Crippen LogP contribution in [0.2, 0.25) is 0 Å². The third-order valence-electron chi connectivity index (χ3n) is 3.53. The highest BCUT2D eigenvalue weighted by Gasteiger charge is 2.34. The number of nitrogens with zero attached hydrogens (tertiary/aromatic N) is 1. The zero-order valence-corrected chi connectivity index (χ0v) is 12.2. The van der Waals surface area contributed by atoms with Gasteiger partial charge in [-0.1, -0.05) is 19.4 Å². The molecule has 0 aliphatic carbocycles. The molecule has 0 saturated carbocycles. The van der Waals surface area contributed by atoms with Crippen molar-refractivity contribution in [3.05, 3.63) is 24.3 Å². The predicted octanol–water partition coefficient (Wildman–Crippen LogP) is 1.21. The Kier molecular flexibility index (Phi) is 5.16. The SMILES string of the molecule is CCCCOc1cccc(N2CC(C(=O)NN)CC2=O)c1. The summed E-state index contributed by atoms with van der Waals surface area (Å²) in [6.45, 7) is 3.11. The van der Waals surface area contributed by atoms with Crippen LogP contribution in [0.5, 0.6) is 5.75 Å². The monoisotopic (exact) mass is 291 g/mol. The normalized spacial score (nSPS) is 17.9. The van der Waals surface area contributed by atoms with E-state index in [1.807, 2.05) is 24.3 Å². The van der Waals surface area contributed by atoms with Crippen LogP contribution in [0.25, 0.3) is 0 Å². The first kappa shape index (κ1) is 15.3. The molecule has 0 spiro atoms. The van der Waals surface area contributed by atoms with Gasteiger partial charge in [-0.2, -0.15) is 0 Å². The molecule has 2 amide bonds. The fourth-order valence-electron chi connectivity index (χ4n) is 2.33. The summed E-state index contributed by atoms with van der Waals surface area (Å²) in [5.74, 6) is 5.09. The fraction of sp³-hybridized carbons (Fsp3) is 0.467. The van der Waals surface area contributed by atoms with Gasteiger partial charge in [0.2, 0.25) is 11.8 Å². The maximum absolute atomic E-state index is 12.0. The number of amides is 2. The summed E-state index contributed by atoms with van der Waals surface area (Å²) in [4.78, 5) is 25.2. The molecule has 2 rings (SSSR count). The van der Waals surface area contributed by atoms with Crippen LogP contribution in [0.4, 0.5) is 5.69 Å². The van der Waals surface area contributed by atoms with Gasteiger partial charge in [0.1, 0.15) is 5.75 Å². The summed E-state index contributed by atoms with van der Waals surface area (Å²) in [7, 11) is 0. The highest BCUT2D eigenvalue weighted by atomic mass is 16.5. The van der Waals surface area contributed by atoms with E-state index in [1.54, 1.807) is 4.90 Å². The van der Waals surface area contributed by atoms with E-state index in [1.165, 1.54) is 0 Å². The number of hydrogen-bond acceptors (Lipinski definition) is 4. The minimum Gasteiger partial charge on any atom is -0.494 e. The smallest absolute Gasteiger partial charge is 0.239 e. The van der Waals surface area contributed by atoms with Gasteiger partial charge in [-0.05, 0) is 18.6 Å². The van der Waals surface area contributed by atoms with E-state index in [4.69, 9.17) is 10.6 Å². The summed E-state index contributed by atoms with van der Waals surface area (Å²) >= 11 is 0. The Morgan fingerprint density at radius 2 is 2.33 bits per heavy atom. The lowest BCUT2D eigenvalue weighted by Crippen LogP contribution is -2.37. The van der Waals surface area contributed by atoms with Crippen molar-refractivity contribution in [1.82, 2.24) is 5.43 Å². The number of benzene rings is 1. The van der Waals surface area contributed by atoms with Crippen LogP contribution in [0.3, 0.4) is 0 Å². The molecule has 3 N–H and O–H groups in total. The van der Waals surface area contributed by atoms with Gasteiger partial charge in [0.05, 0.1) is 12.5 Å². The van der Waals surface area contributed by atoms with Gasteiger partial charge in [0.15, 0.2) is 0 Å². The summed E-state index contributed by atoms with van der Waals surface area (Å²) in [5.41, 5.74) is 2.85. The Balaban J connectivity index is 2.06. The van der Waals surface area contributed by atoms with Gasteiger partial charge in [-0.3, -0.25) is 15.0 Å². The predicted molar refractivity (Wildman–Crippen MR) is 79.6 cm³/mol. The zero-order valence-electron chi connectivity index (χ0n) is 12.2. The third-order valence-corrected chi connectivity index (χ3v) is 3.53. The van der Waals surface area contributed by atoms with Gasteiger partial charge in [-0.15, -0.1) is 0 Å². The average Bonchev–Trinajstić information content (AvgIpc) is 2.89. The van der Waals surface area contributed by atoms with Gasteiger partial charge < -0.3 is 9.64 Å². The molecule has 1 aliphatic rings. The molecule has 1 fully saturated rings. The highest BCUT2D eigenvalue weighted by molar-refractivity contribution is 6.00. The maximum Gasteiger partial charge on any atom is 0.239 e. The lowest BCUT2D eigenvalue weighted by atomic mass is 10.1. The van der Waals surface area contributed by atoms with E-state index in [0.717, 1.165) is 24.3 Å². The topological polar surface area (TPSA) is 84.7 Å². The molecule has 1 saturated heterocycles.